The van der Waals surface area contributed by atoms with Crippen LogP contribution < -0.4 is 25.3 Å². The van der Waals surface area contributed by atoms with E-state index in [0.29, 0.717) is 25.3 Å². The van der Waals surface area contributed by atoms with E-state index in [2.05, 4.69) is 5.32 Å². The van der Waals surface area contributed by atoms with Gasteiger partial charge in [0.25, 0.3) is 0 Å². The highest BCUT2D eigenvalue weighted by Gasteiger charge is 2.20. The molecule has 1 aromatic rings. The number of fused-ring (bicyclic) bond motifs is 1. The molecule has 1 aliphatic heterocycles. The maximum absolute atomic E-state index is 5.94. The fourth-order valence-electron chi connectivity index (χ4n) is 3.01. The van der Waals surface area contributed by atoms with Crippen LogP contribution in [0, 0.1) is 0 Å². The molecule has 0 saturated heterocycles. The zero-order chi connectivity index (χ0) is 14.7. The largest absolute Gasteiger partial charge is 0.493 e. The summed E-state index contributed by atoms with van der Waals surface area (Å²) in [5.41, 5.74) is 7.10. The van der Waals surface area contributed by atoms with E-state index in [0.717, 1.165) is 55.0 Å². The second kappa shape index (κ2) is 6.54. The first-order chi connectivity index (χ1) is 10.3. The van der Waals surface area contributed by atoms with Gasteiger partial charge in [-0.3, -0.25) is 0 Å². The Morgan fingerprint density at radius 3 is 2.71 bits per heavy atom. The molecule has 0 unspecified atom stereocenters. The molecule has 2 aliphatic rings. The van der Waals surface area contributed by atoms with Crippen LogP contribution in [0.15, 0.2) is 12.1 Å². The highest BCUT2D eigenvalue weighted by atomic mass is 16.6. The maximum Gasteiger partial charge on any atom is 0.203 e. The molecular formula is C16H24N2O3. The van der Waals surface area contributed by atoms with Crippen LogP contribution in [0.25, 0.3) is 0 Å². The number of rotatable bonds is 4. The monoisotopic (exact) mass is 292 g/mol. The topological polar surface area (TPSA) is 65.7 Å². The standard InChI is InChI=1S/C16H24N2O3/c1-19-14-8-11(9-15-16(14)21-7-6-20-15)10-18-13-4-2-12(17)3-5-13/h8-9,12-13,18H,2-7,10,17H2,1H3. The van der Waals surface area contributed by atoms with Crippen LogP contribution in [0.3, 0.4) is 0 Å². The lowest BCUT2D eigenvalue weighted by Crippen LogP contribution is -2.37. The Morgan fingerprint density at radius 1 is 1.19 bits per heavy atom. The first kappa shape index (κ1) is 14.5. The van der Waals surface area contributed by atoms with Crippen molar-refractivity contribution in [1.29, 1.82) is 0 Å². The SMILES string of the molecule is COc1cc(CNC2CCC(N)CC2)cc2c1OCCO2. The summed E-state index contributed by atoms with van der Waals surface area (Å²) >= 11 is 0. The molecule has 3 N–H and O–H groups in total. The first-order valence-corrected chi connectivity index (χ1v) is 7.71. The van der Waals surface area contributed by atoms with Crippen molar-refractivity contribution in [2.24, 2.45) is 5.73 Å². The molecule has 3 rings (SSSR count). The van der Waals surface area contributed by atoms with Gasteiger partial charge < -0.3 is 25.3 Å². The van der Waals surface area contributed by atoms with Gasteiger partial charge in [-0.25, -0.2) is 0 Å². The van der Waals surface area contributed by atoms with Crippen molar-refractivity contribution in [3.05, 3.63) is 17.7 Å². The van der Waals surface area contributed by atoms with Crippen LogP contribution in [0.5, 0.6) is 17.2 Å². The fourth-order valence-corrected chi connectivity index (χ4v) is 3.01. The molecule has 1 heterocycles. The molecule has 0 amide bonds. The Balaban J connectivity index is 1.65. The van der Waals surface area contributed by atoms with Crippen LogP contribution in [-0.2, 0) is 6.54 Å². The third kappa shape index (κ3) is 3.41. The summed E-state index contributed by atoms with van der Waals surface area (Å²) in [6.07, 6.45) is 4.54. The molecule has 0 atom stereocenters. The van der Waals surface area contributed by atoms with E-state index in [9.17, 15) is 0 Å². The molecule has 1 aliphatic carbocycles. The molecule has 0 bridgehead atoms. The minimum absolute atomic E-state index is 0.387. The second-order valence-electron chi connectivity index (χ2n) is 5.81. The van der Waals surface area contributed by atoms with Crippen molar-refractivity contribution in [2.75, 3.05) is 20.3 Å². The highest BCUT2D eigenvalue weighted by molar-refractivity contribution is 5.54. The molecule has 1 fully saturated rings. The van der Waals surface area contributed by atoms with Crippen molar-refractivity contribution in [3.8, 4) is 17.2 Å². The molecule has 0 radical (unpaired) electrons. The van der Waals surface area contributed by atoms with E-state index in [1.165, 1.54) is 0 Å². The molecule has 1 aromatic carbocycles. The van der Waals surface area contributed by atoms with E-state index in [4.69, 9.17) is 19.9 Å². The third-order valence-electron chi connectivity index (χ3n) is 4.25. The lowest BCUT2D eigenvalue weighted by atomic mass is 9.92. The number of ether oxygens (including phenoxy) is 3. The summed E-state index contributed by atoms with van der Waals surface area (Å²) in [4.78, 5) is 0. The molecule has 5 nitrogen and oxygen atoms in total. The smallest absolute Gasteiger partial charge is 0.203 e. The van der Waals surface area contributed by atoms with Crippen LogP contribution in [0.4, 0.5) is 0 Å². The maximum atomic E-state index is 5.94. The lowest BCUT2D eigenvalue weighted by Gasteiger charge is -2.27. The predicted molar refractivity (Wildman–Crippen MR) is 81.1 cm³/mol. The Hall–Kier alpha value is -1.46. The third-order valence-corrected chi connectivity index (χ3v) is 4.25. The Morgan fingerprint density at radius 2 is 1.95 bits per heavy atom. The second-order valence-corrected chi connectivity index (χ2v) is 5.81. The van der Waals surface area contributed by atoms with Gasteiger partial charge in [0, 0.05) is 18.6 Å². The minimum Gasteiger partial charge on any atom is -0.493 e. The average molecular weight is 292 g/mol. The minimum atomic E-state index is 0.387. The predicted octanol–water partition coefficient (Wildman–Crippen LogP) is 1.83. The van der Waals surface area contributed by atoms with Gasteiger partial charge in [0.05, 0.1) is 7.11 Å². The van der Waals surface area contributed by atoms with Crippen molar-refractivity contribution in [3.63, 3.8) is 0 Å². The number of benzene rings is 1. The van der Waals surface area contributed by atoms with Gasteiger partial charge in [-0.1, -0.05) is 0 Å². The molecule has 5 heteroatoms. The quantitative estimate of drug-likeness (QED) is 0.886. The summed E-state index contributed by atoms with van der Waals surface area (Å²) in [5.74, 6) is 2.24. The number of nitrogens with two attached hydrogens (primary N) is 1. The van der Waals surface area contributed by atoms with Gasteiger partial charge in [0.15, 0.2) is 11.5 Å². The van der Waals surface area contributed by atoms with Crippen molar-refractivity contribution in [1.82, 2.24) is 5.32 Å². The van der Waals surface area contributed by atoms with E-state index >= 15 is 0 Å². The zero-order valence-electron chi connectivity index (χ0n) is 12.6. The summed E-state index contributed by atoms with van der Waals surface area (Å²) in [7, 11) is 1.66. The first-order valence-electron chi connectivity index (χ1n) is 7.71. The van der Waals surface area contributed by atoms with E-state index in [1.807, 2.05) is 12.1 Å². The summed E-state index contributed by atoms with van der Waals surface area (Å²) < 4.78 is 16.7. The Kier molecular flexibility index (Phi) is 4.51. The van der Waals surface area contributed by atoms with Crippen molar-refractivity contribution in [2.45, 2.75) is 44.3 Å². The molecule has 0 aromatic heterocycles. The van der Waals surface area contributed by atoms with Gasteiger partial charge in [-0.2, -0.15) is 0 Å². The lowest BCUT2D eigenvalue weighted by molar-refractivity contribution is 0.165. The van der Waals surface area contributed by atoms with E-state index in [1.54, 1.807) is 7.11 Å². The van der Waals surface area contributed by atoms with Crippen LogP contribution in [0.2, 0.25) is 0 Å². The summed E-state index contributed by atoms with van der Waals surface area (Å²) in [5, 5.41) is 3.61. The number of hydrogen-bond acceptors (Lipinski definition) is 5. The zero-order valence-corrected chi connectivity index (χ0v) is 12.6. The van der Waals surface area contributed by atoms with Crippen LogP contribution in [0.1, 0.15) is 31.2 Å². The molecule has 1 saturated carbocycles. The molecule has 116 valence electrons. The Bertz CT molecular complexity index is 467. The van der Waals surface area contributed by atoms with Gasteiger partial charge in [-0.15, -0.1) is 0 Å². The fraction of sp³-hybridized carbons (Fsp3) is 0.625. The average Bonchev–Trinajstić information content (AvgIpc) is 2.53. The van der Waals surface area contributed by atoms with Crippen molar-refractivity contribution < 1.29 is 14.2 Å². The normalized spacial score (nSPS) is 24.7. The summed E-state index contributed by atoms with van der Waals surface area (Å²) in [6, 6.07) is 5.01. The summed E-state index contributed by atoms with van der Waals surface area (Å²) in [6.45, 7) is 1.98. The van der Waals surface area contributed by atoms with Gasteiger partial charge in [0.1, 0.15) is 13.2 Å². The Labute approximate surface area is 125 Å². The van der Waals surface area contributed by atoms with E-state index in [-0.39, 0.29) is 0 Å². The van der Waals surface area contributed by atoms with Crippen LogP contribution in [-0.4, -0.2) is 32.4 Å². The van der Waals surface area contributed by atoms with Gasteiger partial charge in [0.2, 0.25) is 5.75 Å². The van der Waals surface area contributed by atoms with Crippen LogP contribution >= 0.6 is 0 Å². The molecular weight excluding hydrogens is 268 g/mol. The van der Waals surface area contributed by atoms with Gasteiger partial charge >= 0.3 is 0 Å². The number of hydrogen-bond donors (Lipinski definition) is 2. The highest BCUT2D eigenvalue weighted by Crippen LogP contribution is 2.40. The number of nitrogens with one attached hydrogen (secondary N) is 1. The van der Waals surface area contributed by atoms with Crippen molar-refractivity contribution >= 4 is 0 Å². The molecule has 21 heavy (non-hydrogen) atoms. The van der Waals surface area contributed by atoms with E-state index < -0.39 is 0 Å². The number of methoxy groups -OCH3 is 1. The van der Waals surface area contributed by atoms with Gasteiger partial charge in [-0.05, 0) is 43.4 Å². The molecule has 0 spiro atoms.